The molecule has 0 bridgehead atoms. The Bertz CT molecular complexity index is 216. The number of esters is 1. The van der Waals surface area contributed by atoms with Crippen molar-refractivity contribution in [2.24, 2.45) is 0 Å². The summed E-state index contributed by atoms with van der Waals surface area (Å²) in [7, 11) is 1.31. The van der Waals surface area contributed by atoms with Gasteiger partial charge in [0.05, 0.1) is 12.7 Å². The fourth-order valence-corrected chi connectivity index (χ4v) is 0.822. The monoisotopic (exact) mass is 216 g/mol. The van der Waals surface area contributed by atoms with Gasteiger partial charge in [-0.15, -0.1) is 0 Å². The standard InChI is InChI=1S/C8H9BrO2/c1-4-6(7(9)5-2)8(10)11-3/h4-5H,1-2H2,3H3/b7-6-. The van der Waals surface area contributed by atoms with Crippen LogP contribution in [0.5, 0.6) is 0 Å². The van der Waals surface area contributed by atoms with Gasteiger partial charge in [0, 0.05) is 4.48 Å². The Kier molecular flexibility index (Phi) is 4.54. The summed E-state index contributed by atoms with van der Waals surface area (Å²) in [6.07, 6.45) is 2.92. The maximum Gasteiger partial charge on any atom is 0.338 e. The normalized spacial score (nSPS) is 11.5. The van der Waals surface area contributed by atoms with Gasteiger partial charge < -0.3 is 4.74 Å². The molecular weight excluding hydrogens is 208 g/mol. The third kappa shape index (κ3) is 2.72. The summed E-state index contributed by atoms with van der Waals surface area (Å²) in [4.78, 5) is 10.9. The number of halogens is 1. The van der Waals surface area contributed by atoms with E-state index in [0.717, 1.165) is 0 Å². The Labute approximate surface area is 74.4 Å². The van der Waals surface area contributed by atoms with Crippen molar-refractivity contribution in [3.63, 3.8) is 0 Å². The predicted octanol–water partition coefficient (Wildman–Crippen LogP) is 2.18. The van der Waals surface area contributed by atoms with Crippen LogP contribution >= 0.6 is 15.9 Å². The highest BCUT2D eigenvalue weighted by Crippen LogP contribution is 2.14. The highest BCUT2D eigenvalue weighted by Gasteiger charge is 2.07. The average Bonchev–Trinajstić information content (AvgIpc) is 2.05. The lowest BCUT2D eigenvalue weighted by molar-refractivity contribution is -0.135. The largest absolute Gasteiger partial charge is 0.465 e. The molecule has 0 radical (unpaired) electrons. The Morgan fingerprint density at radius 3 is 2.27 bits per heavy atom. The summed E-state index contributed by atoms with van der Waals surface area (Å²) >= 11 is 3.13. The van der Waals surface area contributed by atoms with Crippen LogP contribution in [-0.4, -0.2) is 13.1 Å². The molecule has 0 rings (SSSR count). The zero-order chi connectivity index (χ0) is 8.85. The van der Waals surface area contributed by atoms with E-state index in [0.29, 0.717) is 10.1 Å². The van der Waals surface area contributed by atoms with E-state index in [1.807, 2.05) is 0 Å². The van der Waals surface area contributed by atoms with Crippen molar-refractivity contribution in [1.29, 1.82) is 0 Å². The molecule has 0 atom stereocenters. The topological polar surface area (TPSA) is 26.3 Å². The molecule has 0 aromatic carbocycles. The van der Waals surface area contributed by atoms with Gasteiger partial charge in [0.15, 0.2) is 0 Å². The fourth-order valence-electron chi connectivity index (χ4n) is 0.498. The molecule has 0 fully saturated rings. The minimum atomic E-state index is -0.424. The third-order valence-corrected chi connectivity index (χ3v) is 1.80. The molecule has 11 heavy (non-hydrogen) atoms. The van der Waals surface area contributed by atoms with Gasteiger partial charge in [-0.25, -0.2) is 4.79 Å². The molecule has 0 N–H and O–H groups in total. The summed E-state index contributed by atoms with van der Waals surface area (Å²) in [5.74, 6) is -0.424. The molecule has 0 aromatic rings. The molecule has 3 heteroatoms. The number of ether oxygens (including phenoxy) is 1. The first kappa shape index (κ1) is 10.2. The molecule has 0 unspecified atom stereocenters. The zero-order valence-corrected chi connectivity index (χ0v) is 7.85. The number of hydrogen-bond acceptors (Lipinski definition) is 2. The van der Waals surface area contributed by atoms with Crippen molar-refractivity contribution < 1.29 is 9.53 Å². The summed E-state index contributed by atoms with van der Waals surface area (Å²) in [5, 5.41) is 0. The molecule has 60 valence electrons. The smallest absolute Gasteiger partial charge is 0.338 e. The molecular formula is C8H9BrO2. The first-order valence-electron chi connectivity index (χ1n) is 2.90. The van der Waals surface area contributed by atoms with Gasteiger partial charge in [-0.1, -0.05) is 25.3 Å². The zero-order valence-electron chi connectivity index (χ0n) is 6.26. The van der Waals surface area contributed by atoms with Crippen LogP contribution in [-0.2, 0) is 9.53 Å². The van der Waals surface area contributed by atoms with Gasteiger partial charge in [-0.2, -0.15) is 0 Å². The molecule has 0 aliphatic heterocycles. The van der Waals surface area contributed by atoms with Crippen molar-refractivity contribution in [2.45, 2.75) is 0 Å². The van der Waals surface area contributed by atoms with Gasteiger partial charge in [0.1, 0.15) is 0 Å². The van der Waals surface area contributed by atoms with Crippen LogP contribution in [0.2, 0.25) is 0 Å². The van der Waals surface area contributed by atoms with Crippen LogP contribution in [0.25, 0.3) is 0 Å². The van der Waals surface area contributed by atoms with Gasteiger partial charge in [-0.05, 0) is 15.9 Å². The van der Waals surface area contributed by atoms with E-state index in [-0.39, 0.29) is 0 Å². The van der Waals surface area contributed by atoms with Crippen molar-refractivity contribution in [1.82, 2.24) is 0 Å². The van der Waals surface area contributed by atoms with Crippen LogP contribution in [0.3, 0.4) is 0 Å². The Balaban J connectivity index is 4.78. The van der Waals surface area contributed by atoms with E-state index in [1.54, 1.807) is 0 Å². The molecule has 0 saturated heterocycles. The molecule has 0 spiro atoms. The molecule has 0 aliphatic carbocycles. The van der Waals surface area contributed by atoms with E-state index in [1.165, 1.54) is 19.3 Å². The van der Waals surface area contributed by atoms with Crippen LogP contribution in [0.1, 0.15) is 0 Å². The van der Waals surface area contributed by atoms with Gasteiger partial charge in [-0.3, -0.25) is 0 Å². The second-order valence-electron chi connectivity index (χ2n) is 1.66. The second-order valence-corrected chi connectivity index (χ2v) is 2.52. The second kappa shape index (κ2) is 4.91. The summed E-state index contributed by atoms with van der Waals surface area (Å²) in [5.41, 5.74) is 0.377. The van der Waals surface area contributed by atoms with E-state index in [4.69, 9.17) is 0 Å². The molecule has 0 heterocycles. The molecule has 0 amide bonds. The van der Waals surface area contributed by atoms with Crippen molar-refractivity contribution in [3.05, 3.63) is 35.4 Å². The average molecular weight is 217 g/mol. The number of methoxy groups -OCH3 is 1. The van der Waals surface area contributed by atoms with Gasteiger partial charge in [0.25, 0.3) is 0 Å². The van der Waals surface area contributed by atoms with Crippen molar-refractivity contribution in [2.75, 3.05) is 7.11 Å². The molecule has 0 saturated carbocycles. The number of carbonyl (C=O) groups is 1. The summed E-state index contributed by atoms with van der Waals surface area (Å²) in [6, 6.07) is 0. The quantitative estimate of drug-likeness (QED) is 0.411. The number of allylic oxidation sites excluding steroid dienone is 2. The Morgan fingerprint density at radius 2 is 2.00 bits per heavy atom. The summed E-state index contributed by atoms with van der Waals surface area (Å²) in [6.45, 7) is 6.95. The fraction of sp³-hybridized carbons (Fsp3) is 0.125. The Hall–Kier alpha value is -0.830. The Morgan fingerprint density at radius 1 is 1.45 bits per heavy atom. The van der Waals surface area contributed by atoms with Gasteiger partial charge in [0.2, 0.25) is 0 Å². The third-order valence-electron chi connectivity index (χ3n) is 1.05. The van der Waals surface area contributed by atoms with E-state index in [2.05, 4.69) is 33.8 Å². The van der Waals surface area contributed by atoms with Crippen LogP contribution in [0, 0.1) is 0 Å². The molecule has 2 nitrogen and oxygen atoms in total. The lowest BCUT2D eigenvalue weighted by Crippen LogP contribution is -2.03. The molecule has 0 aliphatic rings. The SMILES string of the molecule is C=C/C(Br)=C(\C=C)C(=O)OC. The van der Waals surface area contributed by atoms with Crippen LogP contribution in [0.4, 0.5) is 0 Å². The molecule has 0 aromatic heterocycles. The minimum absolute atomic E-state index is 0.377. The van der Waals surface area contributed by atoms with Crippen molar-refractivity contribution in [3.8, 4) is 0 Å². The first-order valence-corrected chi connectivity index (χ1v) is 3.69. The van der Waals surface area contributed by atoms with E-state index >= 15 is 0 Å². The lowest BCUT2D eigenvalue weighted by atomic mass is 10.2. The highest BCUT2D eigenvalue weighted by molar-refractivity contribution is 9.12. The highest BCUT2D eigenvalue weighted by atomic mass is 79.9. The predicted molar refractivity (Wildman–Crippen MR) is 48.4 cm³/mol. The van der Waals surface area contributed by atoms with E-state index in [9.17, 15) is 4.79 Å². The number of hydrogen-bond donors (Lipinski definition) is 0. The van der Waals surface area contributed by atoms with Gasteiger partial charge >= 0.3 is 5.97 Å². The maximum absolute atomic E-state index is 10.9. The minimum Gasteiger partial charge on any atom is -0.465 e. The van der Waals surface area contributed by atoms with Crippen LogP contribution < -0.4 is 0 Å². The maximum atomic E-state index is 10.9. The van der Waals surface area contributed by atoms with E-state index < -0.39 is 5.97 Å². The van der Waals surface area contributed by atoms with Crippen molar-refractivity contribution >= 4 is 21.9 Å². The van der Waals surface area contributed by atoms with Crippen LogP contribution in [0.15, 0.2) is 35.4 Å². The lowest BCUT2D eigenvalue weighted by Gasteiger charge is -1.99. The first-order chi connectivity index (χ1) is 5.17. The number of carbonyl (C=O) groups excluding carboxylic acids is 1. The number of rotatable bonds is 3. The summed E-state index contributed by atoms with van der Waals surface area (Å²) < 4.78 is 5.06.